The van der Waals surface area contributed by atoms with Crippen molar-refractivity contribution < 1.29 is 4.74 Å². The van der Waals surface area contributed by atoms with Crippen molar-refractivity contribution in [2.24, 2.45) is 7.05 Å². The van der Waals surface area contributed by atoms with Gasteiger partial charge in [0, 0.05) is 47.5 Å². The summed E-state index contributed by atoms with van der Waals surface area (Å²) in [5, 5.41) is 5.30. The molecular weight excluding hydrogens is 433 g/mol. The summed E-state index contributed by atoms with van der Waals surface area (Å²) >= 11 is 6.07. The number of methoxy groups -OCH3 is 1. The molecule has 5 nitrogen and oxygen atoms in total. The molecule has 0 saturated heterocycles. The van der Waals surface area contributed by atoms with Crippen LogP contribution >= 0.6 is 24.0 Å². The van der Waals surface area contributed by atoms with Crippen molar-refractivity contribution in [3.05, 3.63) is 81.4 Å². The zero-order valence-corrected chi connectivity index (χ0v) is 18.9. The van der Waals surface area contributed by atoms with Crippen molar-refractivity contribution in [1.29, 1.82) is 0 Å². The number of halogens is 2. The van der Waals surface area contributed by atoms with E-state index < -0.39 is 0 Å². The van der Waals surface area contributed by atoms with Gasteiger partial charge in [0.05, 0.1) is 18.3 Å². The number of hydrogen-bond donors (Lipinski definition) is 1. The highest BCUT2D eigenvalue weighted by Crippen LogP contribution is 2.32. The van der Waals surface area contributed by atoms with Crippen LogP contribution in [0.2, 0.25) is 5.02 Å². The molecule has 0 amide bonds. The molecule has 0 saturated carbocycles. The maximum Gasteiger partial charge on any atom is 0.255 e. The van der Waals surface area contributed by atoms with Gasteiger partial charge in [-0.3, -0.25) is 9.36 Å². The molecule has 31 heavy (non-hydrogen) atoms. The van der Waals surface area contributed by atoms with E-state index in [0.29, 0.717) is 10.8 Å². The van der Waals surface area contributed by atoms with Gasteiger partial charge in [0.25, 0.3) is 5.56 Å². The van der Waals surface area contributed by atoms with Crippen molar-refractivity contribution in [3.8, 4) is 22.6 Å². The first-order chi connectivity index (χ1) is 14.6. The molecule has 2 aromatic heterocycles. The zero-order chi connectivity index (χ0) is 20.8. The molecule has 0 unspecified atom stereocenters. The first-order valence-corrected chi connectivity index (χ1v) is 10.3. The molecule has 0 spiro atoms. The van der Waals surface area contributed by atoms with Gasteiger partial charge in [-0.15, -0.1) is 12.4 Å². The van der Waals surface area contributed by atoms with Gasteiger partial charge in [0.2, 0.25) is 0 Å². The van der Waals surface area contributed by atoms with Gasteiger partial charge in [-0.1, -0.05) is 17.7 Å². The number of fused-ring (bicyclic) bond motifs is 3. The summed E-state index contributed by atoms with van der Waals surface area (Å²) in [5.74, 6) is 0.643. The fourth-order valence-electron chi connectivity index (χ4n) is 4.39. The fraction of sp³-hybridized carbons (Fsp3) is 0.208. The Morgan fingerprint density at radius 3 is 2.71 bits per heavy atom. The molecule has 160 valence electrons. The van der Waals surface area contributed by atoms with Crippen LogP contribution < -0.4 is 15.6 Å². The van der Waals surface area contributed by atoms with Crippen LogP contribution in [-0.4, -0.2) is 22.8 Å². The number of pyridine rings is 1. The van der Waals surface area contributed by atoms with Crippen LogP contribution in [0.15, 0.2) is 59.5 Å². The van der Waals surface area contributed by atoms with E-state index in [1.165, 1.54) is 16.6 Å². The number of nitrogens with one attached hydrogen (secondary N) is 1. The minimum Gasteiger partial charge on any atom is -0.496 e. The SMILES string of the molecule is COc1cc(Cl)ccc1-c1ccn(-c2ccc3c4c(n(C)c3c2)CNCC4)c(=O)c1.Cl. The summed E-state index contributed by atoms with van der Waals surface area (Å²) < 4.78 is 9.35. The largest absolute Gasteiger partial charge is 0.496 e. The number of aromatic nitrogens is 2. The maximum absolute atomic E-state index is 13.0. The van der Waals surface area contributed by atoms with Gasteiger partial charge in [-0.05, 0) is 60.5 Å². The molecule has 0 atom stereocenters. The van der Waals surface area contributed by atoms with Crippen molar-refractivity contribution >= 4 is 34.9 Å². The molecule has 0 bridgehead atoms. The van der Waals surface area contributed by atoms with Gasteiger partial charge in [0.15, 0.2) is 0 Å². The lowest BCUT2D eigenvalue weighted by Gasteiger charge is -2.14. The van der Waals surface area contributed by atoms with Gasteiger partial charge >= 0.3 is 0 Å². The van der Waals surface area contributed by atoms with E-state index in [-0.39, 0.29) is 18.0 Å². The second kappa shape index (κ2) is 8.42. The third kappa shape index (κ3) is 3.63. The molecule has 7 heteroatoms. The average molecular weight is 456 g/mol. The van der Waals surface area contributed by atoms with E-state index in [0.717, 1.165) is 41.8 Å². The van der Waals surface area contributed by atoms with E-state index in [1.807, 2.05) is 24.4 Å². The summed E-state index contributed by atoms with van der Waals surface area (Å²) in [5.41, 5.74) is 6.28. The third-order valence-electron chi connectivity index (χ3n) is 5.94. The number of ether oxygens (including phenoxy) is 1. The molecular formula is C24H23Cl2N3O2. The Balaban J connectivity index is 0.00000231. The lowest BCUT2D eigenvalue weighted by molar-refractivity contribution is 0.416. The molecule has 3 heterocycles. The Morgan fingerprint density at radius 1 is 1.10 bits per heavy atom. The van der Waals surface area contributed by atoms with Crippen LogP contribution in [0.5, 0.6) is 5.75 Å². The fourth-order valence-corrected chi connectivity index (χ4v) is 4.56. The Labute approximate surface area is 191 Å². The highest BCUT2D eigenvalue weighted by Gasteiger charge is 2.18. The summed E-state index contributed by atoms with van der Waals surface area (Å²) in [4.78, 5) is 13.0. The highest BCUT2D eigenvalue weighted by atomic mass is 35.5. The number of aryl methyl sites for hydroxylation is 1. The number of rotatable bonds is 3. The maximum atomic E-state index is 13.0. The highest BCUT2D eigenvalue weighted by molar-refractivity contribution is 6.30. The standard InChI is InChI=1S/C24H22ClN3O2.ClH/c1-27-21-13-17(4-6-19(21)20-7-9-26-14-22(20)27)28-10-8-15(11-24(28)29)18-5-3-16(25)12-23(18)30-2;/h3-6,8,10-13,26H,7,9,14H2,1-2H3;1H. The van der Waals surface area contributed by atoms with Crippen LogP contribution in [0.1, 0.15) is 11.3 Å². The quantitative estimate of drug-likeness (QED) is 0.485. The zero-order valence-electron chi connectivity index (χ0n) is 17.3. The first-order valence-electron chi connectivity index (χ1n) is 9.94. The first kappa shape index (κ1) is 21.5. The average Bonchev–Trinajstić information content (AvgIpc) is 3.05. The van der Waals surface area contributed by atoms with Gasteiger partial charge in [-0.25, -0.2) is 0 Å². The molecule has 1 aliphatic rings. The van der Waals surface area contributed by atoms with Crippen molar-refractivity contribution in [2.75, 3.05) is 13.7 Å². The predicted molar refractivity (Wildman–Crippen MR) is 128 cm³/mol. The second-order valence-electron chi connectivity index (χ2n) is 7.58. The van der Waals surface area contributed by atoms with E-state index in [2.05, 4.69) is 29.1 Å². The van der Waals surface area contributed by atoms with E-state index in [9.17, 15) is 4.79 Å². The number of hydrogen-bond acceptors (Lipinski definition) is 3. The van der Waals surface area contributed by atoms with Crippen LogP contribution in [0.3, 0.4) is 0 Å². The van der Waals surface area contributed by atoms with Crippen molar-refractivity contribution in [3.63, 3.8) is 0 Å². The molecule has 0 radical (unpaired) electrons. The third-order valence-corrected chi connectivity index (χ3v) is 6.17. The minimum absolute atomic E-state index is 0. The molecule has 1 N–H and O–H groups in total. The van der Waals surface area contributed by atoms with Crippen LogP contribution in [-0.2, 0) is 20.0 Å². The van der Waals surface area contributed by atoms with Crippen LogP contribution in [0.25, 0.3) is 27.7 Å². The molecule has 0 aliphatic carbocycles. The van der Waals surface area contributed by atoms with E-state index in [4.69, 9.17) is 16.3 Å². The minimum atomic E-state index is -0.0931. The molecule has 1 aliphatic heterocycles. The van der Waals surface area contributed by atoms with E-state index >= 15 is 0 Å². The Morgan fingerprint density at radius 2 is 1.94 bits per heavy atom. The summed E-state index contributed by atoms with van der Waals surface area (Å²) in [6, 6.07) is 15.2. The van der Waals surface area contributed by atoms with Crippen molar-refractivity contribution in [1.82, 2.24) is 14.5 Å². The summed E-state index contributed by atoms with van der Waals surface area (Å²) in [6.07, 6.45) is 2.85. The number of benzene rings is 2. The lowest BCUT2D eigenvalue weighted by atomic mass is 10.0. The second-order valence-corrected chi connectivity index (χ2v) is 8.02. The molecule has 4 aromatic rings. The molecule has 5 rings (SSSR count). The molecule has 2 aromatic carbocycles. The topological polar surface area (TPSA) is 48.2 Å². The normalized spacial score (nSPS) is 13.0. The van der Waals surface area contributed by atoms with E-state index in [1.54, 1.807) is 29.9 Å². The molecule has 0 fully saturated rings. The van der Waals surface area contributed by atoms with Crippen molar-refractivity contribution in [2.45, 2.75) is 13.0 Å². The Kier molecular flexibility index (Phi) is 5.84. The predicted octanol–water partition coefficient (Wildman–Crippen LogP) is 4.73. The van der Waals surface area contributed by atoms with Gasteiger partial charge in [-0.2, -0.15) is 0 Å². The lowest BCUT2D eigenvalue weighted by Crippen LogP contribution is -2.24. The summed E-state index contributed by atoms with van der Waals surface area (Å²) in [7, 11) is 3.69. The number of nitrogens with zero attached hydrogens (tertiary/aromatic N) is 2. The summed E-state index contributed by atoms with van der Waals surface area (Å²) in [6.45, 7) is 1.89. The monoisotopic (exact) mass is 455 g/mol. The Hall–Kier alpha value is -2.73. The van der Waals surface area contributed by atoms with Gasteiger partial charge in [0.1, 0.15) is 5.75 Å². The smallest absolute Gasteiger partial charge is 0.255 e. The Bertz CT molecular complexity index is 1340. The van der Waals surface area contributed by atoms with Crippen LogP contribution in [0, 0.1) is 0 Å². The van der Waals surface area contributed by atoms with Crippen LogP contribution in [0.4, 0.5) is 0 Å². The van der Waals surface area contributed by atoms with Gasteiger partial charge < -0.3 is 14.6 Å².